The van der Waals surface area contributed by atoms with Gasteiger partial charge in [-0.05, 0) is 28.7 Å². The van der Waals surface area contributed by atoms with E-state index >= 15 is 0 Å². The first-order chi connectivity index (χ1) is 18.0. The molecule has 37 heavy (non-hydrogen) atoms. The van der Waals surface area contributed by atoms with E-state index in [0.717, 1.165) is 41.3 Å². The van der Waals surface area contributed by atoms with Crippen molar-refractivity contribution in [1.29, 1.82) is 0 Å². The molecule has 190 valence electrons. The third-order valence-electron chi connectivity index (χ3n) is 6.87. The van der Waals surface area contributed by atoms with Gasteiger partial charge >= 0.3 is 5.97 Å². The summed E-state index contributed by atoms with van der Waals surface area (Å²) in [6.07, 6.45) is 5.76. The highest BCUT2D eigenvalue weighted by molar-refractivity contribution is 5.75. The molecular weight excluding hydrogens is 464 g/mol. The number of rotatable bonds is 9. The normalized spacial score (nSPS) is 16.2. The fraction of sp³-hybridized carbons (Fsp3) is 0.276. The predicted octanol–water partition coefficient (Wildman–Crippen LogP) is 4.45. The highest BCUT2D eigenvalue weighted by Crippen LogP contribution is 2.32. The lowest BCUT2D eigenvalue weighted by molar-refractivity contribution is -0.136. The highest BCUT2D eigenvalue weighted by Gasteiger charge is 2.28. The van der Waals surface area contributed by atoms with E-state index in [9.17, 15) is 4.79 Å². The van der Waals surface area contributed by atoms with E-state index in [1.165, 1.54) is 11.1 Å². The van der Waals surface area contributed by atoms with Crippen molar-refractivity contribution in [3.05, 3.63) is 95.9 Å². The van der Waals surface area contributed by atoms with Crippen molar-refractivity contribution in [2.75, 3.05) is 23.7 Å². The van der Waals surface area contributed by atoms with Gasteiger partial charge in [-0.3, -0.25) is 9.48 Å². The number of hydrogen-bond acceptors (Lipinski definition) is 6. The molecular formula is C29H32N6O2. The smallest absolute Gasteiger partial charge is 0.307 e. The molecule has 4 aromatic rings. The number of carbonyl (C=O) groups is 1. The van der Waals surface area contributed by atoms with E-state index < -0.39 is 5.97 Å². The number of nitrogens with zero attached hydrogens (tertiary/aromatic N) is 3. The molecule has 0 unspecified atom stereocenters. The van der Waals surface area contributed by atoms with Crippen LogP contribution in [0.25, 0.3) is 11.1 Å². The van der Waals surface area contributed by atoms with E-state index in [1.54, 1.807) is 4.68 Å². The zero-order valence-corrected chi connectivity index (χ0v) is 21.1. The summed E-state index contributed by atoms with van der Waals surface area (Å²) < 4.78 is 1.79. The van der Waals surface area contributed by atoms with Crippen molar-refractivity contribution in [2.24, 2.45) is 7.05 Å². The number of carboxylic acid groups (broad SMARTS) is 1. The number of nitrogens with one attached hydrogen (secondary N) is 3. The molecule has 1 aliphatic rings. The van der Waals surface area contributed by atoms with Crippen LogP contribution in [-0.2, 0) is 18.3 Å². The zero-order chi connectivity index (χ0) is 25.8. The fourth-order valence-corrected chi connectivity index (χ4v) is 4.80. The second kappa shape index (κ2) is 10.8. The molecule has 2 aromatic heterocycles. The van der Waals surface area contributed by atoms with Crippen molar-refractivity contribution in [2.45, 2.75) is 31.3 Å². The first kappa shape index (κ1) is 24.5. The summed E-state index contributed by atoms with van der Waals surface area (Å²) in [5.41, 5.74) is 6.25. The lowest BCUT2D eigenvalue weighted by atomic mass is 9.95. The molecule has 8 nitrogen and oxygen atoms in total. The number of aryl methyl sites for hydroxylation is 1. The molecule has 0 spiro atoms. The van der Waals surface area contributed by atoms with Gasteiger partial charge in [-0.1, -0.05) is 61.5 Å². The standard InChI is InChI=1S/C29H32N6O2/c1-19(21-10-8-20(9-11-21)12-27(36)37)14-31-28(22-6-4-3-5-7-22)26-17-30-25-13-23(15-32-29(25)34-26)24-16-33-35(2)18-24/h3-11,13,15-16,18-19,26,28,30-31H,12,14,17H2,1-2H3,(H,32,34)(H,36,37)/t19-,26+,28+/m0/s1. The number of anilines is 2. The lowest BCUT2D eigenvalue weighted by Crippen LogP contribution is -2.45. The number of aromatic nitrogens is 3. The summed E-state index contributed by atoms with van der Waals surface area (Å²) in [5.74, 6) is 0.286. The molecule has 0 fully saturated rings. The van der Waals surface area contributed by atoms with E-state index in [2.05, 4.69) is 58.3 Å². The van der Waals surface area contributed by atoms with Crippen LogP contribution in [0, 0.1) is 0 Å². The fourth-order valence-electron chi connectivity index (χ4n) is 4.80. The Bertz CT molecular complexity index is 1350. The quantitative estimate of drug-likeness (QED) is 0.271. The Morgan fingerprint density at radius 1 is 1.11 bits per heavy atom. The number of fused-ring (bicyclic) bond motifs is 1. The summed E-state index contributed by atoms with van der Waals surface area (Å²) in [6, 6.07) is 20.6. The lowest BCUT2D eigenvalue weighted by Gasteiger charge is -2.35. The van der Waals surface area contributed by atoms with Gasteiger partial charge in [-0.25, -0.2) is 4.98 Å². The SMILES string of the molecule is C[C@@H](CN[C@H](c1ccccc1)[C@H]1CNc2cc(-c3cnn(C)c3)cnc2N1)c1ccc(CC(=O)O)cc1. The summed E-state index contributed by atoms with van der Waals surface area (Å²) in [5, 5.41) is 24.3. The molecule has 0 bridgehead atoms. The molecule has 4 N–H and O–H groups in total. The Balaban J connectivity index is 1.30. The van der Waals surface area contributed by atoms with Gasteiger partial charge in [-0.2, -0.15) is 5.10 Å². The first-order valence-corrected chi connectivity index (χ1v) is 12.5. The third kappa shape index (κ3) is 5.81. The minimum Gasteiger partial charge on any atom is -0.481 e. The number of benzene rings is 2. The van der Waals surface area contributed by atoms with E-state index in [0.29, 0.717) is 0 Å². The van der Waals surface area contributed by atoms with Crippen molar-refractivity contribution >= 4 is 17.5 Å². The topological polar surface area (TPSA) is 104 Å². The predicted molar refractivity (Wildman–Crippen MR) is 146 cm³/mol. The van der Waals surface area contributed by atoms with Crippen molar-refractivity contribution in [3.8, 4) is 11.1 Å². The molecule has 0 radical (unpaired) electrons. The van der Waals surface area contributed by atoms with Crippen LogP contribution in [-0.4, -0.2) is 45.0 Å². The van der Waals surface area contributed by atoms with Crippen molar-refractivity contribution in [3.63, 3.8) is 0 Å². The maximum absolute atomic E-state index is 11.0. The van der Waals surface area contributed by atoms with Crippen LogP contribution in [0.5, 0.6) is 0 Å². The van der Waals surface area contributed by atoms with Crippen LogP contribution in [0.2, 0.25) is 0 Å². The Kier molecular flexibility index (Phi) is 7.18. The number of pyridine rings is 1. The van der Waals surface area contributed by atoms with Gasteiger partial charge in [0.2, 0.25) is 0 Å². The van der Waals surface area contributed by atoms with Crippen LogP contribution in [0.4, 0.5) is 11.5 Å². The maximum Gasteiger partial charge on any atom is 0.307 e. The molecule has 0 saturated carbocycles. The van der Waals surface area contributed by atoms with Gasteiger partial charge in [0.25, 0.3) is 0 Å². The van der Waals surface area contributed by atoms with Gasteiger partial charge in [0.05, 0.1) is 30.4 Å². The Morgan fingerprint density at radius 3 is 2.59 bits per heavy atom. The second-order valence-corrected chi connectivity index (χ2v) is 9.66. The summed E-state index contributed by atoms with van der Waals surface area (Å²) >= 11 is 0. The highest BCUT2D eigenvalue weighted by atomic mass is 16.4. The minimum absolute atomic E-state index is 0.0442. The summed E-state index contributed by atoms with van der Waals surface area (Å²) in [4.78, 5) is 15.7. The van der Waals surface area contributed by atoms with Crippen molar-refractivity contribution < 1.29 is 9.90 Å². The van der Waals surface area contributed by atoms with Gasteiger partial charge < -0.3 is 21.1 Å². The zero-order valence-electron chi connectivity index (χ0n) is 21.1. The van der Waals surface area contributed by atoms with Gasteiger partial charge in [-0.15, -0.1) is 0 Å². The Labute approximate surface area is 216 Å². The number of aliphatic carboxylic acids is 1. The summed E-state index contributed by atoms with van der Waals surface area (Å²) in [7, 11) is 1.91. The van der Waals surface area contributed by atoms with Crippen LogP contribution >= 0.6 is 0 Å². The maximum atomic E-state index is 11.0. The van der Waals surface area contributed by atoms with Crippen molar-refractivity contribution in [1.82, 2.24) is 20.1 Å². The first-order valence-electron chi connectivity index (χ1n) is 12.5. The number of carboxylic acids is 1. The third-order valence-corrected chi connectivity index (χ3v) is 6.87. The van der Waals surface area contributed by atoms with Gasteiger partial charge in [0, 0.05) is 43.7 Å². The monoisotopic (exact) mass is 496 g/mol. The minimum atomic E-state index is -0.814. The van der Waals surface area contributed by atoms with Crippen LogP contribution in [0.3, 0.4) is 0 Å². The van der Waals surface area contributed by atoms with E-state index in [-0.39, 0.29) is 24.4 Å². The number of hydrogen-bond donors (Lipinski definition) is 4. The molecule has 0 amide bonds. The van der Waals surface area contributed by atoms with Gasteiger partial charge in [0.15, 0.2) is 0 Å². The Hall–Kier alpha value is -4.17. The van der Waals surface area contributed by atoms with Crippen LogP contribution < -0.4 is 16.0 Å². The molecule has 0 aliphatic carbocycles. The molecule has 0 saturated heterocycles. The van der Waals surface area contributed by atoms with E-state index in [1.807, 2.05) is 56.0 Å². The molecule has 2 aromatic carbocycles. The molecule has 3 atom stereocenters. The Morgan fingerprint density at radius 2 is 1.89 bits per heavy atom. The second-order valence-electron chi connectivity index (χ2n) is 9.66. The molecule has 3 heterocycles. The molecule has 5 rings (SSSR count). The molecule has 1 aliphatic heterocycles. The molecule has 8 heteroatoms. The van der Waals surface area contributed by atoms with E-state index in [4.69, 9.17) is 10.1 Å². The average molecular weight is 497 g/mol. The largest absolute Gasteiger partial charge is 0.481 e. The summed E-state index contributed by atoms with van der Waals surface area (Å²) in [6.45, 7) is 3.71. The van der Waals surface area contributed by atoms with Crippen LogP contribution in [0.1, 0.15) is 35.6 Å². The average Bonchev–Trinajstić information content (AvgIpc) is 3.35. The van der Waals surface area contributed by atoms with Gasteiger partial charge in [0.1, 0.15) is 5.82 Å². The van der Waals surface area contributed by atoms with Crippen LogP contribution in [0.15, 0.2) is 79.3 Å².